The Kier molecular flexibility index (Phi) is 4.96. The largest absolute Gasteiger partial charge is 0.325 e. The van der Waals surface area contributed by atoms with Crippen LogP contribution in [0.2, 0.25) is 0 Å². The van der Waals surface area contributed by atoms with E-state index in [2.05, 4.69) is 21.4 Å². The van der Waals surface area contributed by atoms with Gasteiger partial charge < -0.3 is 5.73 Å². The van der Waals surface area contributed by atoms with Gasteiger partial charge in [0, 0.05) is 24.5 Å². The Morgan fingerprint density at radius 3 is 2.73 bits per heavy atom. The third-order valence-electron chi connectivity index (χ3n) is 4.91. The number of fused-ring (bicyclic) bond motifs is 1. The van der Waals surface area contributed by atoms with Crippen molar-refractivity contribution < 1.29 is 4.39 Å². The molecule has 0 saturated carbocycles. The Bertz CT molecular complexity index is 1380. The third-order valence-corrected chi connectivity index (χ3v) is 4.91. The Morgan fingerprint density at radius 2 is 2.03 bits per heavy atom. The molecule has 0 radical (unpaired) electrons. The summed E-state index contributed by atoms with van der Waals surface area (Å²) in [4.78, 5) is 12.1. The second-order valence-electron chi connectivity index (χ2n) is 6.71. The van der Waals surface area contributed by atoms with Gasteiger partial charge in [0.1, 0.15) is 5.82 Å². The number of hydrogen-bond donors (Lipinski definition) is 2. The zero-order valence-electron chi connectivity index (χ0n) is 16.1. The molecule has 0 unspecified atom stereocenters. The van der Waals surface area contributed by atoms with Gasteiger partial charge in [0.2, 0.25) is 0 Å². The van der Waals surface area contributed by atoms with E-state index in [-0.39, 0.29) is 17.9 Å². The number of aryl methyl sites for hydroxylation is 1. The molecule has 0 aliphatic carbocycles. The highest BCUT2D eigenvalue weighted by Crippen LogP contribution is 2.29. The summed E-state index contributed by atoms with van der Waals surface area (Å²) >= 11 is 0. The molecule has 8 heteroatoms. The molecule has 0 spiro atoms. The Labute approximate surface area is 170 Å². The summed E-state index contributed by atoms with van der Waals surface area (Å²) in [5.41, 5.74) is 9.32. The molecule has 4 rings (SSSR count). The number of nitriles is 1. The summed E-state index contributed by atoms with van der Waals surface area (Å²) in [6.07, 6.45) is 3.40. The molecule has 0 aliphatic heterocycles. The number of H-pyrrole nitrogens is 1. The number of hydrogen-bond acceptors (Lipinski definition) is 5. The maximum absolute atomic E-state index is 13.2. The first-order valence-electron chi connectivity index (χ1n) is 9.13. The van der Waals surface area contributed by atoms with Crippen LogP contribution in [0.1, 0.15) is 17.0 Å². The van der Waals surface area contributed by atoms with Gasteiger partial charge in [-0.3, -0.25) is 9.48 Å². The predicted molar refractivity (Wildman–Crippen MR) is 112 cm³/mol. The van der Waals surface area contributed by atoms with Gasteiger partial charge in [-0.1, -0.05) is 18.2 Å². The van der Waals surface area contributed by atoms with Gasteiger partial charge in [-0.2, -0.15) is 15.5 Å². The van der Waals surface area contributed by atoms with Gasteiger partial charge in [-0.25, -0.2) is 9.49 Å². The molecular formula is C22H17FN6O. The molecule has 0 amide bonds. The zero-order valence-corrected chi connectivity index (χ0v) is 16.1. The van der Waals surface area contributed by atoms with Gasteiger partial charge in [0.05, 0.1) is 34.6 Å². The van der Waals surface area contributed by atoms with E-state index in [4.69, 9.17) is 5.73 Å². The number of aromatic amines is 1. The summed E-state index contributed by atoms with van der Waals surface area (Å²) < 4.78 is 14.9. The number of aromatic nitrogens is 4. The lowest BCUT2D eigenvalue weighted by Gasteiger charge is -2.07. The standard InChI is InChI=1S/C22H17FN6O/c1-29-21(9-15(10-24)13-2-5-16(23)6-3-13)19(12-26-29)14-4-7-17-18(8-14)20(11-25)27-28-22(17)30/h2-9,12H,11,25H2,1H3,(H,28,30)/b15-9+. The Balaban J connectivity index is 1.88. The molecule has 0 fully saturated rings. The molecule has 0 atom stereocenters. The van der Waals surface area contributed by atoms with Crippen LogP contribution in [0.5, 0.6) is 0 Å². The topological polar surface area (TPSA) is 113 Å². The molecule has 2 aromatic carbocycles. The van der Waals surface area contributed by atoms with Crippen LogP contribution in [-0.4, -0.2) is 20.0 Å². The van der Waals surface area contributed by atoms with Crippen molar-refractivity contribution in [1.82, 2.24) is 20.0 Å². The fourth-order valence-electron chi connectivity index (χ4n) is 3.33. The molecule has 0 bridgehead atoms. The van der Waals surface area contributed by atoms with Crippen LogP contribution in [0.25, 0.3) is 33.5 Å². The minimum Gasteiger partial charge on any atom is -0.325 e. The number of nitrogens with one attached hydrogen (secondary N) is 1. The maximum Gasteiger partial charge on any atom is 0.272 e. The lowest BCUT2D eigenvalue weighted by atomic mass is 9.99. The van der Waals surface area contributed by atoms with Crippen LogP contribution in [0.15, 0.2) is 53.5 Å². The van der Waals surface area contributed by atoms with Gasteiger partial charge in [0.15, 0.2) is 0 Å². The van der Waals surface area contributed by atoms with Crippen LogP contribution in [0, 0.1) is 17.1 Å². The first-order valence-corrected chi connectivity index (χ1v) is 9.13. The normalized spacial score (nSPS) is 11.6. The zero-order chi connectivity index (χ0) is 21.3. The Morgan fingerprint density at radius 1 is 1.27 bits per heavy atom. The molecule has 0 aliphatic rings. The minimum absolute atomic E-state index is 0.180. The number of nitrogens with two attached hydrogens (primary N) is 1. The lowest BCUT2D eigenvalue weighted by molar-refractivity contribution is 0.627. The predicted octanol–water partition coefficient (Wildman–Crippen LogP) is 2.99. The molecule has 0 saturated heterocycles. The highest BCUT2D eigenvalue weighted by Gasteiger charge is 2.14. The average Bonchev–Trinajstić information content (AvgIpc) is 3.13. The third kappa shape index (κ3) is 3.38. The van der Waals surface area contributed by atoms with Crippen molar-refractivity contribution in [1.29, 1.82) is 5.26 Å². The SMILES string of the molecule is Cn1ncc(-c2ccc3c(=O)[nH]nc(CN)c3c2)c1/C=C(\C#N)c1ccc(F)cc1. The van der Waals surface area contributed by atoms with Crippen LogP contribution in [-0.2, 0) is 13.6 Å². The molecular weight excluding hydrogens is 383 g/mol. The molecule has 2 heterocycles. The fraction of sp³-hybridized carbons (Fsp3) is 0.0909. The first kappa shape index (κ1) is 19.2. The van der Waals surface area contributed by atoms with Crippen molar-refractivity contribution in [2.75, 3.05) is 0 Å². The molecule has 7 nitrogen and oxygen atoms in total. The minimum atomic E-state index is -0.368. The summed E-state index contributed by atoms with van der Waals surface area (Å²) in [5.74, 6) is -0.368. The highest BCUT2D eigenvalue weighted by molar-refractivity contribution is 5.94. The number of rotatable bonds is 4. The summed E-state index contributed by atoms with van der Waals surface area (Å²) in [6, 6.07) is 13.3. The number of allylic oxidation sites excluding steroid dienone is 1. The molecule has 148 valence electrons. The summed E-state index contributed by atoms with van der Waals surface area (Å²) in [5, 5.41) is 21.6. The van der Waals surface area contributed by atoms with E-state index in [0.29, 0.717) is 33.3 Å². The maximum atomic E-state index is 13.2. The molecule has 2 aromatic heterocycles. The van der Waals surface area contributed by atoms with Crippen LogP contribution in [0.4, 0.5) is 4.39 Å². The average molecular weight is 400 g/mol. The number of benzene rings is 2. The molecule has 30 heavy (non-hydrogen) atoms. The van der Waals surface area contributed by atoms with Crippen molar-refractivity contribution in [3.8, 4) is 17.2 Å². The van der Waals surface area contributed by atoms with Crippen molar-refractivity contribution in [2.45, 2.75) is 6.54 Å². The van der Waals surface area contributed by atoms with Crippen molar-refractivity contribution in [3.63, 3.8) is 0 Å². The second-order valence-corrected chi connectivity index (χ2v) is 6.71. The quantitative estimate of drug-likeness (QED) is 0.511. The number of halogens is 1. The lowest BCUT2D eigenvalue weighted by Crippen LogP contribution is -2.13. The van der Waals surface area contributed by atoms with E-state index in [1.54, 1.807) is 42.2 Å². The van der Waals surface area contributed by atoms with Gasteiger partial charge in [-0.15, -0.1) is 0 Å². The van der Waals surface area contributed by atoms with E-state index in [1.165, 1.54) is 12.1 Å². The smallest absolute Gasteiger partial charge is 0.272 e. The number of nitrogens with zero attached hydrogens (tertiary/aromatic N) is 4. The van der Waals surface area contributed by atoms with Gasteiger partial charge in [-0.05, 0) is 41.5 Å². The highest BCUT2D eigenvalue weighted by atomic mass is 19.1. The van der Waals surface area contributed by atoms with Crippen molar-refractivity contribution in [2.24, 2.45) is 12.8 Å². The van der Waals surface area contributed by atoms with Crippen molar-refractivity contribution in [3.05, 3.63) is 81.8 Å². The van der Waals surface area contributed by atoms with Crippen LogP contribution < -0.4 is 11.3 Å². The van der Waals surface area contributed by atoms with E-state index >= 15 is 0 Å². The molecule has 4 aromatic rings. The monoisotopic (exact) mass is 400 g/mol. The van der Waals surface area contributed by atoms with E-state index in [9.17, 15) is 14.4 Å². The van der Waals surface area contributed by atoms with Gasteiger partial charge >= 0.3 is 0 Å². The van der Waals surface area contributed by atoms with E-state index in [0.717, 1.165) is 11.1 Å². The van der Waals surface area contributed by atoms with E-state index < -0.39 is 0 Å². The van der Waals surface area contributed by atoms with Gasteiger partial charge in [0.25, 0.3) is 5.56 Å². The second kappa shape index (κ2) is 7.73. The first-order chi connectivity index (χ1) is 14.5. The van der Waals surface area contributed by atoms with E-state index in [1.807, 2.05) is 12.1 Å². The van der Waals surface area contributed by atoms with Crippen LogP contribution >= 0.6 is 0 Å². The Hall–Kier alpha value is -4.09. The van der Waals surface area contributed by atoms with Crippen LogP contribution in [0.3, 0.4) is 0 Å². The summed E-state index contributed by atoms with van der Waals surface area (Å²) in [6.45, 7) is 0.180. The van der Waals surface area contributed by atoms with Crippen molar-refractivity contribution >= 4 is 22.4 Å². The fourth-order valence-corrected chi connectivity index (χ4v) is 3.33. The summed E-state index contributed by atoms with van der Waals surface area (Å²) in [7, 11) is 1.77. The molecule has 3 N–H and O–H groups in total.